The van der Waals surface area contributed by atoms with Crippen molar-refractivity contribution in [2.45, 2.75) is 19.8 Å². The van der Waals surface area contributed by atoms with Crippen molar-refractivity contribution >= 4 is 22.6 Å². The summed E-state index contributed by atoms with van der Waals surface area (Å²) in [6, 6.07) is 16.3. The van der Waals surface area contributed by atoms with Crippen molar-refractivity contribution in [2.75, 3.05) is 11.4 Å². The van der Waals surface area contributed by atoms with Crippen LogP contribution in [-0.4, -0.2) is 27.2 Å². The molecule has 30 heavy (non-hydrogen) atoms. The van der Waals surface area contributed by atoms with E-state index < -0.39 is 0 Å². The maximum Gasteiger partial charge on any atom is 0.259 e. The number of amides is 1. The van der Waals surface area contributed by atoms with Crippen LogP contribution in [0.4, 0.5) is 10.1 Å². The van der Waals surface area contributed by atoms with E-state index in [0.717, 1.165) is 35.0 Å². The molecule has 1 aliphatic heterocycles. The predicted octanol–water partition coefficient (Wildman–Crippen LogP) is 4.68. The molecule has 0 radical (unpaired) electrons. The first-order valence-corrected chi connectivity index (χ1v) is 10.0. The minimum Gasteiger partial charge on any atom is -0.308 e. The number of hydrogen-bond acceptors (Lipinski definition) is 3. The van der Waals surface area contributed by atoms with E-state index in [1.165, 1.54) is 12.1 Å². The number of fused-ring (bicyclic) bond motifs is 2. The van der Waals surface area contributed by atoms with Gasteiger partial charge in [-0.15, -0.1) is 0 Å². The fourth-order valence-electron chi connectivity index (χ4n) is 4.27. The van der Waals surface area contributed by atoms with Gasteiger partial charge in [0.25, 0.3) is 5.91 Å². The van der Waals surface area contributed by atoms with Gasteiger partial charge in [-0.1, -0.05) is 36.4 Å². The van der Waals surface area contributed by atoms with Gasteiger partial charge in [-0.05, 0) is 43.5 Å². The molecule has 6 heteroatoms. The third kappa shape index (κ3) is 2.96. The number of rotatable bonds is 2. The molecule has 1 amide bonds. The first kappa shape index (κ1) is 18.5. The highest BCUT2D eigenvalue weighted by molar-refractivity contribution is 6.14. The number of aryl methyl sites for hydroxylation is 3. The van der Waals surface area contributed by atoms with Crippen LogP contribution in [0.2, 0.25) is 0 Å². The summed E-state index contributed by atoms with van der Waals surface area (Å²) in [7, 11) is 1.83. The molecule has 0 atom stereocenters. The normalized spacial score (nSPS) is 13.5. The summed E-state index contributed by atoms with van der Waals surface area (Å²) in [5, 5.41) is 5.24. The van der Waals surface area contributed by atoms with Crippen LogP contribution in [0, 0.1) is 12.7 Å². The summed E-state index contributed by atoms with van der Waals surface area (Å²) >= 11 is 0. The molecule has 2 aromatic carbocycles. The highest BCUT2D eigenvalue weighted by atomic mass is 19.1. The number of carbonyl (C=O) groups excluding carboxylic acids is 1. The van der Waals surface area contributed by atoms with Crippen molar-refractivity contribution in [1.29, 1.82) is 0 Å². The van der Waals surface area contributed by atoms with Gasteiger partial charge in [0, 0.05) is 19.2 Å². The van der Waals surface area contributed by atoms with Crippen molar-refractivity contribution in [3.63, 3.8) is 0 Å². The monoisotopic (exact) mass is 400 g/mol. The van der Waals surface area contributed by atoms with Crippen LogP contribution < -0.4 is 4.90 Å². The summed E-state index contributed by atoms with van der Waals surface area (Å²) < 4.78 is 15.7. The minimum atomic E-state index is -0.337. The standard InChI is InChI=1S/C24H21FN4O/c1-15-22-19(24(30)29-12-6-9-17-10-11-18(25)13-21(17)29)14-20(16-7-4-3-5-8-16)26-23(22)28(2)27-15/h3-5,7-8,10-11,13-14H,6,9,12H2,1-2H3. The number of hydrogen-bond donors (Lipinski definition) is 0. The van der Waals surface area contributed by atoms with Gasteiger partial charge in [0.05, 0.1) is 28.0 Å². The lowest BCUT2D eigenvalue weighted by atomic mass is 9.99. The topological polar surface area (TPSA) is 51.0 Å². The third-order valence-electron chi connectivity index (χ3n) is 5.68. The quantitative estimate of drug-likeness (QED) is 0.491. The van der Waals surface area contributed by atoms with E-state index in [4.69, 9.17) is 4.98 Å². The molecule has 0 N–H and O–H groups in total. The average molecular weight is 400 g/mol. The molecule has 0 bridgehead atoms. The molecule has 3 heterocycles. The fourth-order valence-corrected chi connectivity index (χ4v) is 4.27. The van der Waals surface area contributed by atoms with Gasteiger partial charge in [-0.2, -0.15) is 5.10 Å². The Hall–Kier alpha value is -3.54. The van der Waals surface area contributed by atoms with Crippen molar-refractivity contribution < 1.29 is 9.18 Å². The Bertz CT molecular complexity index is 1280. The van der Waals surface area contributed by atoms with Crippen LogP contribution >= 0.6 is 0 Å². The lowest BCUT2D eigenvalue weighted by Crippen LogP contribution is -2.35. The summed E-state index contributed by atoms with van der Waals surface area (Å²) in [4.78, 5) is 20.2. The molecule has 0 saturated carbocycles. The number of benzene rings is 2. The molecule has 0 spiro atoms. The molecule has 5 nitrogen and oxygen atoms in total. The van der Waals surface area contributed by atoms with E-state index in [9.17, 15) is 9.18 Å². The predicted molar refractivity (Wildman–Crippen MR) is 115 cm³/mol. The van der Waals surface area contributed by atoms with Crippen molar-refractivity contribution in [3.05, 3.63) is 77.2 Å². The number of aromatic nitrogens is 3. The average Bonchev–Trinajstić information content (AvgIpc) is 3.06. The second-order valence-corrected chi connectivity index (χ2v) is 7.66. The highest BCUT2D eigenvalue weighted by Crippen LogP contribution is 2.32. The van der Waals surface area contributed by atoms with Crippen molar-refractivity contribution in [1.82, 2.24) is 14.8 Å². The Labute approximate surface area is 173 Å². The van der Waals surface area contributed by atoms with E-state index in [0.29, 0.717) is 29.1 Å². The van der Waals surface area contributed by atoms with Crippen molar-refractivity contribution in [2.24, 2.45) is 7.05 Å². The van der Waals surface area contributed by atoms with Gasteiger partial charge < -0.3 is 4.90 Å². The second-order valence-electron chi connectivity index (χ2n) is 7.66. The molecule has 0 fully saturated rings. The molecule has 0 saturated heterocycles. The third-order valence-corrected chi connectivity index (χ3v) is 5.68. The fraction of sp³-hybridized carbons (Fsp3) is 0.208. The number of nitrogens with zero attached hydrogens (tertiary/aromatic N) is 4. The van der Waals surface area contributed by atoms with Crippen LogP contribution in [0.15, 0.2) is 54.6 Å². The second kappa shape index (κ2) is 7.06. The zero-order valence-corrected chi connectivity index (χ0v) is 16.9. The summed E-state index contributed by atoms with van der Waals surface area (Å²) in [5.74, 6) is -0.488. The maximum atomic E-state index is 14.0. The molecule has 2 aromatic heterocycles. The van der Waals surface area contributed by atoms with Gasteiger partial charge in [0.1, 0.15) is 5.82 Å². The Morgan fingerprint density at radius 3 is 2.70 bits per heavy atom. The largest absolute Gasteiger partial charge is 0.308 e. The van der Waals surface area contributed by atoms with Crippen LogP contribution in [0.3, 0.4) is 0 Å². The molecule has 4 aromatic rings. The Morgan fingerprint density at radius 2 is 1.90 bits per heavy atom. The summed E-state index contributed by atoms with van der Waals surface area (Å²) in [6.07, 6.45) is 1.68. The van der Waals surface area contributed by atoms with E-state index in [1.807, 2.05) is 50.4 Å². The van der Waals surface area contributed by atoms with Crippen LogP contribution in [0.5, 0.6) is 0 Å². The number of halogens is 1. The SMILES string of the molecule is Cc1nn(C)c2nc(-c3ccccc3)cc(C(=O)N3CCCc4ccc(F)cc43)c12. The highest BCUT2D eigenvalue weighted by Gasteiger charge is 2.27. The maximum absolute atomic E-state index is 14.0. The molecule has 1 aliphatic rings. The summed E-state index contributed by atoms with van der Waals surface area (Å²) in [5.41, 5.74) is 5.24. The molecular formula is C24H21FN4O. The van der Waals surface area contributed by atoms with E-state index >= 15 is 0 Å². The zero-order chi connectivity index (χ0) is 20.8. The lowest BCUT2D eigenvalue weighted by molar-refractivity contribution is 0.0986. The van der Waals surface area contributed by atoms with Crippen LogP contribution in [0.25, 0.3) is 22.3 Å². The van der Waals surface area contributed by atoms with Crippen LogP contribution in [-0.2, 0) is 13.5 Å². The van der Waals surface area contributed by atoms with E-state index in [-0.39, 0.29) is 11.7 Å². The molecule has 150 valence electrons. The smallest absolute Gasteiger partial charge is 0.259 e. The van der Waals surface area contributed by atoms with E-state index in [1.54, 1.807) is 15.6 Å². The molecule has 5 rings (SSSR count). The number of carbonyl (C=O) groups is 1. The van der Waals surface area contributed by atoms with Gasteiger partial charge in [-0.3, -0.25) is 9.48 Å². The van der Waals surface area contributed by atoms with Crippen molar-refractivity contribution in [3.8, 4) is 11.3 Å². The van der Waals surface area contributed by atoms with Gasteiger partial charge in [0.15, 0.2) is 5.65 Å². The van der Waals surface area contributed by atoms with E-state index in [2.05, 4.69) is 5.10 Å². The Morgan fingerprint density at radius 1 is 1.10 bits per heavy atom. The van der Waals surface area contributed by atoms with Crippen LogP contribution in [0.1, 0.15) is 28.0 Å². The number of pyridine rings is 1. The van der Waals surface area contributed by atoms with Gasteiger partial charge in [0.2, 0.25) is 0 Å². The molecule has 0 unspecified atom stereocenters. The summed E-state index contributed by atoms with van der Waals surface area (Å²) in [6.45, 7) is 2.44. The first-order valence-electron chi connectivity index (χ1n) is 10.0. The number of anilines is 1. The lowest BCUT2D eigenvalue weighted by Gasteiger charge is -2.30. The first-order chi connectivity index (χ1) is 14.5. The minimum absolute atomic E-state index is 0.151. The Balaban J connectivity index is 1.71. The van der Waals surface area contributed by atoms with Gasteiger partial charge in [-0.25, -0.2) is 9.37 Å². The zero-order valence-electron chi connectivity index (χ0n) is 16.9. The molecular weight excluding hydrogens is 379 g/mol. The van der Waals surface area contributed by atoms with Gasteiger partial charge >= 0.3 is 0 Å². The molecule has 0 aliphatic carbocycles. The Kier molecular flexibility index (Phi) is 4.35.